The van der Waals surface area contributed by atoms with Crippen molar-refractivity contribution in [3.8, 4) is 16.9 Å². The van der Waals surface area contributed by atoms with Crippen molar-refractivity contribution in [1.29, 1.82) is 0 Å². The van der Waals surface area contributed by atoms with Crippen LogP contribution < -0.4 is 10.4 Å². The Morgan fingerprint density at radius 3 is 2.65 bits per heavy atom. The van der Waals surface area contributed by atoms with Crippen LogP contribution >= 0.6 is 11.6 Å². The van der Waals surface area contributed by atoms with Crippen molar-refractivity contribution in [3.05, 3.63) is 64.0 Å². The van der Waals surface area contributed by atoms with Crippen LogP contribution in [-0.2, 0) is 9.53 Å². The summed E-state index contributed by atoms with van der Waals surface area (Å²) in [5, 5.41) is 1.32. The summed E-state index contributed by atoms with van der Waals surface area (Å²) in [6.45, 7) is 0.569. The summed E-state index contributed by atoms with van der Waals surface area (Å²) < 4.78 is 16.1. The van der Waals surface area contributed by atoms with Gasteiger partial charge in [0.05, 0.1) is 5.56 Å². The lowest BCUT2D eigenvalue weighted by molar-refractivity contribution is -0.144. The molecule has 0 bridgehead atoms. The Hall–Kier alpha value is -2.63. The van der Waals surface area contributed by atoms with Gasteiger partial charge >= 0.3 is 11.6 Å². The number of rotatable bonds is 3. The predicted octanol–water partition coefficient (Wildman–Crippen LogP) is 4.20. The van der Waals surface area contributed by atoms with Gasteiger partial charge in [0.1, 0.15) is 11.3 Å². The van der Waals surface area contributed by atoms with Gasteiger partial charge in [-0.3, -0.25) is 0 Å². The van der Waals surface area contributed by atoms with E-state index in [1.807, 2.05) is 0 Å². The van der Waals surface area contributed by atoms with Gasteiger partial charge in [-0.15, -0.1) is 0 Å². The van der Waals surface area contributed by atoms with E-state index in [0.717, 1.165) is 17.4 Å². The van der Waals surface area contributed by atoms with Crippen LogP contribution in [0.4, 0.5) is 0 Å². The summed E-state index contributed by atoms with van der Waals surface area (Å²) >= 11 is 5.89. The molecule has 1 unspecified atom stereocenters. The topological polar surface area (TPSA) is 65.7 Å². The molecule has 0 spiro atoms. The summed E-state index contributed by atoms with van der Waals surface area (Å²) in [6.07, 6.45) is 0.983. The molecule has 1 aliphatic rings. The van der Waals surface area contributed by atoms with Gasteiger partial charge in [0.25, 0.3) is 0 Å². The van der Waals surface area contributed by atoms with Gasteiger partial charge < -0.3 is 13.9 Å². The predicted molar refractivity (Wildman–Crippen MR) is 97.5 cm³/mol. The molecule has 1 saturated heterocycles. The molecule has 1 aromatic heterocycles. The molecule has 132 valence electrons. The second-order valence-corrected chi connectivity index (χ2v) is 6.51. The molecule has 5 nitrogen and oxygen atoms in total. The highest BCUT2D eigenvalue weighted by Gasteiger charge is 2.25. The first-order valence-electron chi connectivity index (χ1n) is 8.27. The fourth-order valence-corrected chi connectivity index (χ4v) is 3.06. The van der Waals surface area contributed by atoms with E-state index in [1.54, 1.807) is 42.5 Å². The number of fused-ring (bicyclic) bond motifs is 1. The quantitative estimate of drug-likeness (QED) is 0.393. The van der Waals surface area contributed by atoms with Gasteiger partial charge in [-0.2, -0.15) is 0 Å². The lowest BCUT2D eigenvalue weighted by Gasteiger charge is -2.10. The molecule has 0 saturated carbocycles. The molecule has 0 amide bonds. The van der Waals surface area contributed by atoms with Gasteiger partial charge in [0, 0.05) is 23.1 Å². The van der Waals surface area contributed by atoms with E-state index in [4.69, 9.17) is 25.5 Å². The average molecular weight is 371 g/mol. The largest absolute Gasteiger partial charge is 0.424 e. The van der Waals surface area contributed by atoms with E-state index >= 15 is 0 Å². The molecule has 4 rings (SSSR count). The lowest BCUT2D eigenvalue weighted by atomic mass is 10.1. The minimum absolute atomic E-state index is 0.320. The van der Waals surface area contributed by atoms with Crippen molar-refractivity contribution in [1.82, 2.24) is 0 Å². The first kappa shape index (κ1) is 16.8. The zero-order valence-electron chi connectivity index (χ0n) is 13.7. The SMILES string of the molecule is O=C(Oc1ccc2cc(-c3ccc(Cl)cc3)c(=O)oc2c1)C1CCCO1. The highest BCUT2D eigenvalue weighted by atomic mass is 35.5. The van der Waals surface area contributed by atoms with Crippen LogP contribution in [0.25, 0.3) is 22.1 Å². The summed E-state index contributed by atoms with van der Waals surface area (Å²) in [5.74, 6) is -0.109. The van der Waals surface area contributed by atoms with Crippen LogP contribution in [0.1, 0.15) is 12.8 Å². The van der Waals surface area contributed by atoms with Crippen molar-refractivity contribution in [2.24, 2.45) is 0 Å². The van der Waals surface area contributed by atoms with Gasteiger partial charge in [0.2, 0.25) is 0 Å². The Balaban J connectivity index is 1.65. The Morgan fingerprint density at radius 1 is 1.12 bits per heavy atom. The van der Waals surface area contributed by atoms with E-state index in [1.165, 1.54) is 6.07 Å². The van der Waals surface area contributed by atoms with Gasteiger partial charge in [-0.05, 0) is 48.7 Å². The fraction of sp³-hybridized carbons (Fsp3) is 0.200. The number of halogens is 1. The van der Waals surface area contributed by atoms with Gasteiger partial charge in [0.15, 0.2) is 6.10 Å². The number of esters is 1. The Labute approximate surface area is 154 Å². The van der Waals surface area contributed by atoms with Gasteiger partial charge in [-0.25, -0.2) is 9.59 Å². The minimum atomic E-state index is -0.523. The first-order valence-corrected chi connectivity index (χ1v) is 8.65. The molecule has 26 heavy (non-hydrogen) atoms. The number of carbonyl (C=O) groups is 1. The molecule has 3 aromatic rings. The summed E-state index contributed by atoms with van der Waals surface area (Å²) in [6, 6.07) is 13.7. The van der Waals surface area contributed by atoms with Crippen LogP contribution in [0.2, 0.25) is 5.02 Å². The van der Waals surface area contributed by atoms with Crippen molar-refractivity contribution < 1.29 is 18.7 Å². The normalized spacial score (nSPS) is 16.7. The molecule has 6 heteroatoms. The molecular weight excluding hydrogens is 356 g/mol. The molecule has 1 fully saturated rings. The molecule has 0 radical (unpaired) electrons. The third-order valence-corrected chi connectivity index (χ3v) is 4.53. The Kier molecular flexibility index (Phi) is 4.49. The number of hydrogen-bond acceptors (Lipinski definition) is 5. The van der Waals surface area contributed by atoms with Crippen molar-refractivity contribution in [3.63, 3.8) is 0 Å². The van der Waals surface area contributed by atoms with E-state index < -0.39 is 17.7 Å². The zero-order chi connectivity index (χ0) is 18.1. The molecule has 0 N–H and O–H groups in total. The number of hydrogen-bond donors (Lipinski definition) is 0. The molecular formula is C20H15ClO5. The summed E-state index contributed by atoms with van der Waals surface area (Å²) in [7, 11) is 0. The van der Waals surface area contributed by atoms with Gasteiger partial charge in [-0.1, -0.05) is 23.7 Å². The first-order chi connectivity index (χ1) is 12.6. The molecule has 2 aromatic carbocycles. The third-order valence-electron chi connectivity index (χ3n) is 4.27. The highest BCUT2D eigenvalue weighted by Crippen LogP contribution is 2.26. The molecule has 2 heterocycles. The third kappa shape index (κ3) is 3.36. The maximum Gasteiger partial charge on any atom is 0.344 e. The molecule has 1 atom stereocenters. The Morgan fingerprint density at radius 2 is 1.92 bits per heavy atom. The number of benzene rings is 2. The van der Waals surface area contributed by atoms with Crippen LogP contribution in [-0.4, -0.2) is 18.7 Å². The monoisotopic (exact) mass is 370 g/mol. The second-order valence-electron chi connectivity index (χ2n) is 6.08. The molecule has 1 aliphatic heterocycles. The second kappa shape index (κ2) is 6.94. The van der Waals surface area contributed by atoms with Crippen LogP contribution in [0.5, 0.6) is 5.75 Å². The zero-order valence-corrected chi connectivity index (χ0v) is 14.5. The van der Waals surface area contributed by atoms with Crippen molar-refractivity contribution in [2.45, 2.75) is 18.9 Å². The number of carbonyl (C=O) groups excluding carboxylic acids is 1. The molecule has 0 aliphatic carbocycles. The van der Waals surface area contributed by atoms with E-state index in [2.05, 4.69) is 0 Å². The van der Waals surface area contributed by atoms with Crippen molar-refractivity contribution in [2.75, 3.05) is 6.61 Å². The summed E-state index contributed by atoms with van der Waals surface area (Å²) in [5.41, 5.74) is 1.05. The van der Waals surface area contributed by atoms with Crippen LogP contribution in [0.3, 0.4) is 0 Å². The Bertz CT molecular complexity index is 1020. The lowest BCUT2D eigenvalue weighted by Crippen LogP contribution is -2.24. The minimum Gasteiger partial charge on any atom is -0.424 e. The summed E-state index contributed by atoms with van der Waals surface area (Å²) in [4.78, 5) is 24.4. The van der Waals surface area contributed by atoms with Crippen LogP contribution in [0.15, 0.2) is 57.7 Å². The smallest absolute Gasteiger partial charge is 0.344 e. The van der Waals surface area contributed by atoms with E-state index in [0.29, 0.717) is 34.9 Å². The van der Waals surface area contributed by atoms with Crippen molar-refractivity contribution >= 4 is 28.5 Å². The van der Waals surface area contributed by atoms with E-state index in [-0.39, 0.29) is 0 Å². The van der Waals surface area contributed by atoms with Crippen LogP contribution in [0, 0.1) is 0 Å². The number of ether oxygens (including phenoxy) is 2. The highest BCUT2D eigenvalue weighted by molar-refractivity contribution is 6.30. The van der Waals surface area contributed by atoms with E-state index in [9.17, 15) is 9.59 Å². The average Bonchev–Trinajstić information content (AvgIpc) is 3.17. The fourth-order valence-electron chi connectivity index (χ4n) is 2.93. The maximum atomic E-state index is 12.3. The maximum absolute atomic E-state index is 12.3. The standard InChI is InChI=1S/C20H15ClO5/c21-14-6-3-12(4-7-14)16-10-13-5-8-15(11-18(13)26-19(16)22)25-20(23)17-2-1-9-24-17/h3-8,10-11,17H,1-2,9H2.